The number of nitrogens with zero attached hydrogens (tertiary/aromatic N) is 3. The first kappa shape index (κ1) is 17.4. The monoisotopic (exact) mass is 352 g/mol. The number of aromatic nitrogens is 2. The van der Waals surface area contributed by atoms with Crippen LogP contribution in [-0.2, 0) is 11.2 Å². The van der Waals surface area contributed by atoms with Crippen molar-refractivity contribution in [1.29, 1.82) is 0 Å². The second-order valence-electron chi connectivity index (χ2n) is 5.50. The second kappa shape index (κ2) is 6.69. The number of alkyl halides is 3. The molecule has 1 fully saturated rings. The number of anilines is 1. The summed E-state index contributed by atoms with van der Waals surface area (Å²) in [7, 11) is 0. The fraction of sp³-hybridized carbons (Fsp3) is 0.667. The van der Waals surface area contributed by atoms with Crippen molar-refractivity contribution in [3.63, 3.8) is 0 Å². The number of hydrogen-bond donors (Lipinski definition) is 2. The highest BCUT2D eigenvalue weighted by molar-refractivity contribution is 7.15. The van der Waals surface area contributed by atoms with E-state index in [0.717, 1.165) is 0 Å². The number of likely N-dealkylation sites (tertiary alicyclic amines) is 1. The summed E-state index contributed by atoms with van der Waals surface area (Å²) in [5, 5.41) is 18.0. The number of urea groups is 1. The Morgan fingerprint density at radius 1 is 1.39 bits per heavy atom. The van der Waals surface area contributed by atoms with E-state index in [1.165, 1.54) is 4.90 Å². The number of carboxylic acids is 1. The van der Waals surface area contributed by atoms with Crippen molar-refractivity contribution in [1.82, 2.24) is 15.1 Å². The van der Waals surface area contributed by atoms with Gasteiger partial charge in [0.1, 0.15) is 5.01 Å². The molecule has 128 valence electrons. The lowest BCUT2D eigenvalue weighted by Crippen LogP contribution is -2.47. The lowest BCUT2D eigenvalue weighted by molar-refractivity contribution is -0.143. The van der Waals surface area contributed by atoms with Crippen LogP contribution in [0.2, 0.25) is 0 Å². The first-order chi connectivity index (χ1) is 10.6. The Morgan fingerprint density at radius 2 is 2.09 bits per heavy atom. The topological polar surface area (TPSA) is 95.4 Å². The molecule has 1 aliphatic rings. The number of carbonyl (C=O) groups is 2. The van der Waals surface area contributed by atoms with Gasteiger partial charge in [-0.1, -0.05) is 18.3 Å². The molecule has 2 atom stereocenters. The van der Waals surface area contributed by atoms with Crippen LogP contribution in [0.4, 0.5) is 23.1 Å². The maximum absolute atomic E-state index is 12.3. The minimum atomic E-state index is -4.39. The summed E-state index contributed by atoms with van der Waals surface area (Å²) in [6.07, 6.45) is -5.12. The summed E-state index contributed by atoms with van der Waals surface area (Å²) in [5.41, 5.74) is 0. The van der Waals surface area contributed by atoms with Gasteiger partial charge in [-0.05, 0) is 12.3 Å². The molecule has 1 aliphatic heterocycles. The van der Waals surface area contributed by atoms with E-state index in [0.29, 0.717) is 24.3 Å². The van der Waals surface area contributed by atoms with E-state index in [1.54, 1.807) is 0 Å². The van der Waals surface area contributed by atoms with Crippen LogP contribution in [0.3, 0.4) is 0 Å². The van der Waals surface area contributed by atoms with Crippen LogP contribution in [0.15, 0.2) is 0 Å². The fourth-order valence-electron chi connectivity index (χ4n) is 2.41. The molecular weight excluding hydrogens is 337 g/mol. The number of amides is 2. The fourth-order valence-corrected chi connectivity index (χ4v) is 3.17. The van der Waals surface area contributed by atoms with Gasteiger partial charge in [-0.2, -0.15) is 13.2 Å². The molecule has 1 aromatic heterocycles. The number of carbonyl (C=O) groups excluding carboxylic acids is 1. The molecule has 7 nitrogen and oxygen atoms in total. The molecule has 23 heavy (non-hydrogen) atoms. The highest BCUT2D eigenvalue weighted by atomic mass is 32.1. The third-order valence-electron chi connectivity index (χ3n) is 3.33. The van der Waals surface area contributed by atoms with Crippen LogP contribution in [0.25, 0.3) is 0 Å². The van der Waals surface area contributed by atoms with Crippen LogP contribution >= 0.6 is 11.3 Å². The van der Waals surface area contributed by atoms with Gasteiger partial charge in [0.25, 0.3) is 0 Å². The zero-order valence-electron chi connectivity index (χ0n) is 12.1. The number of halogens is 3. The Bertz CT molecular complexity index is 592. The minimum absolute atomic E-state index is 0.0193. The molecule has 11 heteroatoms. The number of aliphatic carboxylic acids is 1. The molecule has 1 saturated heterocycles. The average molecular weight is 352 g/mol. The zero-order valence-corrected chi connectivity index (χ0v) is 12.9. The van der Waals surface area contributed by atoms with Crippen LogP contribution in [0.5, 0.6) is 0 Å². The van der Waals surface area contributed by atoms with Gasteiger partial charge in [0.2, 0.25) is 5.13 Å². The molecular formula is C12H15F3N4O3S. The molecule has 1 aromatic rings. The molecule has 2 unspecified atom stereocenters. The third kappa shape index (κ3) is 5.05. The summed E-state index contributed by atoms with van der Waals surface area (Å²) < 4.78 is 36.8. The lowest BCUT2D eigenvalue weighted by atomic mass is 9.91. The number of carboxylic acid groups (broad SMARTS) is 1. The Labute approximate surface area is 133 Å². The summed E-state index contributed by atoms with van der Waals surface area (Å²) in [6.45, 7) is 2.27. The quantitative estimate of drug-likeness (QED) is 0.870. The standard InChI is InChI=1S/C12H15F3N4O3S/c1-6-2-7(9(20)21)5-19(4-6)11(22)16-10-18-17-8(23-10)3-12(13,14)15/h6-7H,2-5H2,1H3,(H,20,21)(H,16,18,22). The van der Waals surface area contributed by atoms with Crippen LogP contribution in [0, 0.1) is 11.8 Å². The van der Waals surface area contributed by atoms with Gasteiger partial charge in [0, 0.05) is 13.1 Å². The summed E-state index contributed by atoms with van der Waals surface area (Å²) in [4.78, 5) is 24.5. The Hall–Kier alpha value is -1.91. The van der Waals surface area contributed by atoms with E-state index < -0.39 is 30.5 Å². The number of piperidine rings is 1. The zero-order chi connectivity index (χ0) is 17.2. The number of hydrogen-bond acceptors (Lipinski definition) is 5. The van der Waals surface area contributed by atoms with Crippen LogP contribution in [-0.4, -0.2) is 51.5 Å². The molecule has 0 spiro atoms. The maximum Gasteiger partial charge on any atom is 0.395 e. The van der Waals surface area contributed by atoms with Gasteiger partial charge in [0.15, 0.2) is 0 Å². The first-order valence-corrected chi connectivity index (χ1v) is 7.63. The van der Waals surface area contributed by atoms with Crippen LogP contribution in [0.1, 0.15) is 18.4 Å². The van der Waals surface area contributed by atoms with Gasteiger partial charge >= 0.3 is 18.2 Å². The van der Waals surface area contributed by atoms with Gasteiger partial charge in [-0.15, -0.1) is 10.2 Å². The van der Waals surface area contributed by atoms with E-state index in [4.69, 9.17) is 5.11 Å². The number of rotatable bonds is 3. The van der Waals surface area contributed by atoms with Crippen molar-refractivity contribution in [3.8, 4) is 0 Å². The summed E-state index contributed by atoms with van der Waals surface area (Å²) >= 11 is 0.643. The smallest absolute Gasteiger partial charge is 0.395 e. The lowest BCUT2D eigenvalue weighted by Gasteiger charge is -2.34. The first-order valence-electron chi connectivity index (χ1n) is 6.82. The van der Waals surface area contributed by atoms with Crippen LogP contribution < -0.4 is 5.32 Å². The highest BCUT2D eigenvalue weighted by Crippen LogP contribution is 2.26. The van der Waals surface area contributed by atoms with Gasteiger partial charge in [-0.3, -0.25) is 10.1 Å². The molecule has 0 aromatic carbocycles. The van der Waals surface area contributed by atoms with Gasteiger partial charge in [-0.25, -0.2) is 4.79 Å². The largest absolute Gasteiger partial charge is 0.481 e. The molecule has 0 aliphatic carbocycles. The van der Waals surface area contributed by atoms with E-state index in [9.17, 15) is 22.8 Å². The number of nitrogens with one attached hydrogen (secondary N) is 1. The molecule has 2 rings (SSSR count). The molecule has 0 saturated carbocycles. The summed E-state index contributed by atoms with van der Waals surface area (Å²) in [6, 6.07) is -0.586. The van der Waals surface area contributed by atoms with Crippen molar-refractivity contribution in [2.24, 2.45) is 11.8 Å². The molecule has 2 heterocycles. The molecule has 0 bridgehead atoms. The predicted octanol–water partition coefficient (Wildman–Crippen LogP) is 2.22. The predicted molar refractivity (Wildman–Crippen MR) is 75.2 cm³/mol. The van der Waals surface area contributed by atoms with Crippen molar-refractivity contribution in [2.75, 3.05) is 18.4 Å². The minimum Gasteiger partial charge on any atom is -0.481 e. The second-order valence-corrected chi connectivity index (χ2v) is 6.57. The Kier molecular flexibility index (Phi) is 5.07. The van der Waals surface area contributed by atoms with E-state index >= 15 is 0 Å². The van der Waals surface area contributed by atoms with Gasteiger partial charge in [0.05, 0.1) is 12.3 Å². The molecule has 2 amide bonds. The van der Waals surface area contributed by atoms with Crippen molar-refractivity contribution < 1.29 is 27.9 Å². The SMILES string of the molecule is CC1CC(C(=O)O)CN(C(=O)Nc2nnc(CC(F)(F)F)s2)C1. The summed E-state index contributed by atoms with van der Waals surface area (Å²) in [5.74, 6) is -1.61. The third-order valence-corrected chi connectivity index (χ3v) is 4.17. The molecule has 0 radical (unpaired) electrons. The van der Waals surface area contributed by atoms with E-state index in [1.807, 2.05) is 6.92 Å². The van der Waals surface area contributed by atoms with Crippen molar-refractivity contribution >= 4 is 28.5 Å². The maximum atomic E-state index is 12.3. The molecule has 2 N–H and O–H groups in total. The van der Waals surface area contributed by atoms with E-state index in [2.05, 4.69) is 15.5 Å². The average Bonchev–Trinajstić information content (AvgIpc) is 2.82. The Balaban J connectivity index is 1.97. The highest BCUT2D eigenvalue weighted by Gasteiger charge is 2.33. The normalized spacial score (nSPS) is 22.0. The van der Waals surface area contributed by atoms with E-state index in [-0.39, 0.29) is 22.6 Å². The van der Waals surface area contributed by atoms with Crippen molar-refractivity contribution in [3.05, 3.63) is 5.01 Å². The van der Waals surface area contributed by atoms with Gasteiger partial charge < -0.3 is 10.0 Å². The van der Waals surface area contributed by atoms with Crippen molar-refractivity contribution in [2.45, 2.75) is 25.9 Å². The Morgan fingerprint density at radius 3 is 2.70 bits per heavy atom.